The first-order valence-electron chi connectivity index (χ1n) is 6.08. The highest BCUT2D eigenvalue weighted by Crippen LogP contribution is 2.29. The van der Waals surface area contributed by atoms with Crippen LogP contribution in [-0.4, -0.2) is 41.5 Å². The SMILES string of the molecule is CCC(C)(CN)C(=O)N1CC(C)C(C(=O)O)C1. The lowest BCUT2D eigenvalue weighted by molar-refractivity contribution is -0.143. The van der Waals surface area contributed by atoms with Crippen LogP contribution < -0.4 is 5.73 Å². The second-order valence-electron chi connectivity index (χ2n) is 5.25. The number of aliphatic carboxylic acids is 1. The van der Waals surface area contributed by atoms with Crippen molar-refractivity contribution in [3.05, 3.63) is 0 Å². The number of carbonyl (C=O) groups excluding carboxylic acids is 1. The molecule has 1 rings (SSSR count). The van der Waals surface area contributed by atoms with Crippen LogP contribution in [0.5, 0.6) is 0 Å². The van der Waals surface area contributed by atoms with Crippen molar-refractivity contribution < 1.29 is 14.7 Å². The Morgan fingerprint density at radius 1 is 1.47 bits per heavy atom. The molecule has 1 aliphatic rings. The fourth-order valence-corrected chi connectivity index (χ4v) is 2.22. The minimum Gasteiger partial charge on any atom is -0.481 e. The molecule has 1 saturated heterocycles. The summed E-state index contributed by atoms with van der Waals surface area (Å²) in [6.07, 6.45) is 0.672. The number of carboxylic acid groups (broad SMARTS) is 1. The summed E-state index contributed by atoms with van der Waals surface area (Å²) in [6.45, 7) is 6.77. The fraction of sp³-hybridized carbons (Fsp3) is 0.833. The average molecular weight is 242 g/mol. The molecule has 1 amide bonds. The van der Waals surface area contributed by atoms with Crippen molar-refractivity contribution in [1.29, 1.82) is 0 Å². The maximum absolute atomic E-state index is 12.3. The number of carboxylic acids is 1. The third-order valence-corrected chi connectivity index (χ3v) is 3.96. The van der Waals surface area contributed by atoms with Gasteiger partial charge >= 0.3 is 5.97 Å². The van der Waals surface area contributed by atoms with E-state index in [4.69, 9.17) is 10.8 Å². The van der Waals surface area contributed by atoms with Gasteiger partial charge in [-0.1, -0.05) is 13.8 Å². The van der Waals surface area contributed by atoms with Crippen LogP contribution in [0.15, 0.2) is 0 Å². The summed E-state index contributed by atoms with van der Waals surface area (Å²) in [5.41, 5.74) is 5.09. The molecule has 1 aliphatic heterocycles. The first-order valence-corrected chi connectivity index (χ1v) is 6.08. The second-order valence-corrected chi connectivity index (χ2v) is 5.25. The third-order valence-electron chi connectivity index (χ3n) is 3.96. The molecule has 0 aliphatic carbocycles. The summed E-state index contributed by atoms with van der Waals surface area (Å²) in [5, 5.41) is 9.04. The fourth-order valence-electron chi connectivity index (χ4n) is 2.22. The molecule has 0 bridgehead atoms. The smallest absolute Gasteiger partial charge is 0.308 e. The minimum atomic E-state index is -0.821. The predicted octanol–water partition coefficient (Wildman–Crippen LogP) is 0.541. The lowest BCUT2D eigenvalue weighted by Gasteiger charge is -2.30. The standard InChI is InChI=1S/C12H22N2O3/c1-4-12(3,7-13)11(17)14-5-8(2)9(6-14)10(15)16/h8-9H,4-7,13H2,1-3H3,(H,15,16). The Morgan fingerprint density at radius 2 is 2.06 bits per heavy atom. The molecule has 0 aromatic heterocycles. The Hall–Kier alpha value is -1.10. The molecule has 5 heteroatoms. The van der Waals surface area contributed by atoms with E-state index in [1.807, 2.05) is 20.8 Å². The molecule has 3 atom stereocenters. The van der Waals surface area contributed by atoms with Gasteiger partial charge in [0.2, 0.25) is 5.91 Å². The van der Waals surface area contributed by atoms with Gasteiger partial charge in [0.05, 0.1) is 11.3 Å². The van der Waals surface area contributed by atoms with Gasteiger partial charge in [-0.2, -0.15) is 0 Å². The Labute approximate surface area is 102 Å². The van der Waals surface area contributed by atoms with Gasteiger partial charge in [0.25, 0.3) is 0 Å². The Bertz CT molecular complexity index is 313. The summed E-state index contributed by atoms with van der Waals surface area (Å²) >= 11 is 0. The van der Waals surface area contributed by atoms with Crippen molar-refractivity contribution in [1.82, 2.24) is 4.90 Å². The number of likely N-dealkylation sites (tertiary alicyclic amines) is 1. The molecule has 0 aromatic rings. The Balaban J connectivity index is 2.77. The molecule has 0 radical (unpaired) electrons. The van der Waals surface area contributed by atoms with Crippen LogP contribution in [0.3, 0.4) is 0 Å². The first kappa shape index (κ1) is 14.0. The van der Waals surface area contributed by atoms with Crippen molar-refractivity contribution in [2.75, 3.05) is 19.6 Å². The van der Waals surface area contributed by atoms with Crippen LogP contribution in [0.2, 0.25) is 0 Å². The Morgan fingerprint density at radius 3 is 2.41 bits per heavy atom. The summed E-state index contributed by atoms with van der Waals surface area (Å²) in [6, 6.07) is 0. The van der Waals surface area contributed by atoms with E-state index in [0.717, 1.165) is 0 Å². The number of rotatable bonds is 4. The zero-order valence-corrected chi connectivity index (χ0v) is 10.8. The highest BCUT2D eigenvalue weighted by Gasteiger charge is 2.42. The predicted molar refractivity (Wildman–Crippen MR) is 64.3 cm³/mol. The molecule has 0 spiro atoms. The van der Waals surface area contributed by atoms with Crippen LogP contribution in [0.1, 0.15) is 27.2 Å². The van der Waals surface area contributed by atoms with Crippen molar-refractivity contribution in [2.24, 2.45) is 23.0 Å². The van der Waals surface area contributed by atoms with Gasteiger partial charge in [0, 0.05) is 19.6 Å². The number of carbonyl (C=O) groups is 2. The van der Waals surface area contributed by atoms with Crippen LogP contribution in [-0.2, 0) is 9.59 Å². The molecular formula is C12H22N2O3. The summed E-state index contributed by atoms with van der Waals surface area (Å²) in [7, 11) is 0. The van der Waals surface area contributed by atoms with Crippen molar-refractivity contribution in [2.45, 2.75) is 27.2 Å². The highest BCUT2D eigenvalue weighted by atomic mass is 16.4. The van der Waals surface area contributed by atoms with E-state index >= 15 is 0 Å². The van der Waals surface area contributed by atoms with Crippen molar-refractivity contribution >= 4 is 11.9 Å². The van der Waals surface area contributed by atoms with Crippen LogP contribution in [0.4, 0.5) is 0 Å². The van der Waals surface area contributed by atoms with E-state index in [-0.39, 0.29) is 11.8 Å². The second kappa shape index (κ2) is 5.04. The quantitative estimate of drug-likeness (QED) is 0.753. The van der Waals surface area contributed by atoms with Gasteiger partial charge in [-0.15, -0.1) is 0 Å². The van der Waals surface area contributed by atoms with Crippen LogP contribution in [0, 0.1) is 17.3 Å². The topological polar surface area (TPSA) is 83.6 Å². The number of hydrogen-bond acceptors (Lipinski definition) is 3. The van der Waals surface area contributed by atoms with Gasteiger partial charge < -0.3 is 15.7 Å². The Kier molecular flexibility index (Phi) is 4.14. The monoisotopic (exact) mass is 242 g/mol. The van der Waals surface area contributed by atoms with Crippen molar-refractivity contribution in [3.8, 4) is 0 Å². The molecule has 17 heavy (non-hydrogen) atoms. The van der Waals surface area contributed by atoms with E-state index < -0.39 is 17.3 Å². The van der Waals surface area contributed by atoms with Gasteiger partial charge in [0.15, 0.2) is 0 Å². The summed E-state index contributed by atoms with van der Waals surface area (Å²) in [4.78, 5) is 25.0. The molecular weight excluding hydrogens is 220 g/mol. The molecule has 1 heterocycles. The zero-order chi connectivity index (χ0) is 13.2. The molecule has 1 fully saturated rings. The van der Waals surface area contributed by atoms with E-state index in [9.17, 15) is 9.59 Å². The van der Waals surface area contributed by atoms with Gasteiger partial charge in [-0.05, 0) is 19.3 Å². The highest BCUT2D eigenvalue weighted by molar-refractivity contribution is 5.84. The van der Waals surface area contributed by atoms with Crippen molar-refractivity contribution in [3.63, 3.8) is 0 Å². The van der Waals surface area contributed by atoms with Crippen LogP contribution >= 0.6 is 0 Å². The first-order chi connectivity index (χ1) is 7.85. The van der Waals surface area contributed by atoms with Crippen LogP contribution in [0.25, 0.3) is 0 Å². The number of hydrogen-bond donors (Lipinski definition) is 2. The summed E-state index contributed by atoms with van der Waals surface area (Å²) in [5.74, 6) is -1.27. The van der Waals surface area contributed by atoms with Gasteiger partial charge in [0.1, 0.15) is 0 Å². The molecule has 0 aromatic carbocycles. The van der Waals surface area contributed by atoms with E-state index in [1.54, 1.807) is 4.90 Å². The molecule has 0 saturated carbocycles. The number of amides is 1. The lowest BCUT2D eigenvalue weighted by atomic mass is 9.86. The maximum Gasteiger partial charge on any atom is 0.308 e. The number of nitrogens with two attached hydrogens (primary N) is 1. The molecule has 3 unspecified atom stereocenters. The van der Waals surface area contributed by atoms with E-state index in [0.29, 0.717) is 26.1 Å². The zero-order valence-electron chi connectivity index (χ0n) is 10.8. The normalized spacial score (nSPS) is 27.9. The molecule has 98 valence electrons. The lowest BCUT2D eigenvalue weighted by Crippen LogP contribution is -2.45. The minimum absolute atomic E-state index is 0.00957. The van der Waals surface area contributed by atoms with Gasteiger partial charge in [-0.3, -0.25) is 9.59 Å². The van der Waals surface area contributed by atoms with Gasteiger partial charge in [-0.25, -0.2) is 0 Å². The van der Waals surface area contributed by atoms with E-state index in [2.05, 4.69) is 0 Å². The number of nitrogens with zero attached hydrogens (tertiary/aromatic N) is 1. The molecule has 3 N–H and O–H groups in total. The largest absolute Gasteiger partial charge is 0.481 e. The maximum atomic E-state index is 12.3. The average Bonchev–Trinajstić information content (AvgIpc) is 2.69. The van der Waals surface area contributed by atoms with E-state index in [1.165, 1.54) is 0 Å². The third kappa shape index (κ3) is 2.60. The summed E-state index contributed by atoms with van der Waals surface area (Å²) < 4.78 is 0. The molecule has 5 nitrogen and oxygen atoms in total.